The van der Waals surface area contributed by atoms with Crippen molar-refractivity contribution in [2.24, 2.45) is 5.41 Å². The fourth-order valence-corrected chi connectivity index (χ4v) is 4.54. The van der Waals surface area contributed by atoms with Crippen LogP contribution in [-0.4, -0.2) is 61.4 Å². The fourth-order valence-electron chi connectivity index (χ4n) is 4.54. The van der Waals surface area contributed by atoms with Gasteiger partial charge in [0.1, 0.15) is 12.4 Å². The molecular weight excluding hydrogens is 408 g/mol. The minimum absolute atomic E-state index is 0.0958. The molecule has 0 saturated carbocycles. The Balaban J connectivity index is 1.46. The van der Waals surface area contributed by atoms with Gasteiger partial charge in [0.2, 0.25) is 17.7 Å². The van der Waals surface area contributed by atoms with E-state index in [-0.39, 0.29) is 29.2 Å². The molecule has 1 unspecified atom stereocenters. The molecule has 9 heteroatoms. The number of amides is 2. The lowest BCUT2D eigenvalue weighted by molar-refractivity contribution is -0.140. The van der Waals surface area contributed by atoms with Gasteiger partial charge in [0, 0.05) is 37.2 Å². The lowest BCUT2D eigenvalue weighted by Crippen LogP contribution is -2.43. The highest BCUT2D eigenvalue weighted by molar-refractivity contribution is 5.95. The Morgan fingerprint density at radius 2 is 1.75 bits per heavy atom. The fraction of sp³-hybridized carbons (Fsp3) is 0.652. The van der Waals surface area contributed by atoms with Crippen molar-refractivity contribution in [2.45, 2.75) is 71.8 Å². The Morgan fingerprint density at radius 1 is 1.03 bits per heavy atom. The molecule has 0 spiro atoms. The molecule has 4 heterocycles. The molecule has 0 aromatic carbocycles. The molecule has 0 aliphatic carbocycles. The molecule has 172 valence electrons. The van der Waals surface area contributed by atoms with Gasteiger partial charge in [-0.25, -0.2) is 9.97 Å². The Hall–Kier alpha value is -2.84. The minimum Gasteiger partial charge on any atom is -0.423 e. The van der Waals surface area contributed by atoms with Crippen LogP contribution in [0.15, 0.2) is 16.9 Å². The van der Waals surface area contributed by atoms with E-state index in [9.17, 15) is 9.59 Å². The van der Waals surface area contributed by atoms with Gasteiger partial charge in [0.25, 0.3) is 5.91 Å². The van der Waals surface area contributed by atoms with Crippen molar-refractivity contribution in [3.63, 3.8) is 0 Å². The van der Waals surface area contributed by atoms with E-state index in [1.165, 1.54) is 6.33 Å². The topological polar surface area (TPSA) is 105 Å². The predicted octanol–water partition coefficient (Wildman–Crippen LogP) is 3.29. The second-order valence-electron chi connectivity index (χ2n) is 9.83. The van der Waals surface area contributed by atoms with Crippen LogP contribution in [0.25, 0.3) is 0 Å². The number of aromatic nitrogens is 4. The highest BCUT2D eigenvalue weighted by atomic mass is 16.4. The van der Waals surface area contributed by atoms with E-state index in [0.29, 0.717) is 42.7 Å². The maximum Gasteiger partial charge on any atom is 0.257 e. The maximum atomic E-state index is 13.2. The first-order valence-electron chi connectivity index (χ1n) is 11.5. The molecule has 2 aromatic heterocycles. The van der Waals surface area contributed by atoms with Crippen molar-refractivity contribution < 1.29 is 14.0 Å². The number of rotatable bonds is 3. The number of likely N-dealkylation sites (tertiary alicyclic amines) is 2. The van der Waals surface area contributed by atoms with Gasteiger partial charge in [-0.1, -0.05) is 20.8 Å². The van der Waals surface area contributed by atoms with Crippen molar-refractivity contribution in [1.82, 2.24) is 30.0 Å². The van der Waals surface area contributed by atoms with Gasteiger partial charge >= 0.3 is 0 Å². The summed E-state index contributed by atoms with van der Waals surface area (Å²) in [6.45, 7) is 9.70. The second kappa shape index (κ2) is 8.96. The van der Waals surface area contributed by atoms with Gasteiger partial charge in [-0.15, -0.1) is 10.2 Å². The number of nitrogens with zero attached hydrogens (tertiary/aromatic N) is 6. The van der Waals surface area contributed by atoms with Crippen molar-refractivity contribution >= 4 is 11.8 Å². The number of carbonyl (C=O) groups excluding carboxylic acids is 2. The van der Waals surface area contributed by atoms with E-state index in [1.807, 2.05) is 37.5 Å². The van der Waals surface area contributed by atoms with Crippen LogP contribution in [0.1, 0.15) is 92.7 Å². The van der Waals surface area contributed by atoms with Crippen LogP contribution < -0.4 is 0 Å². The van der Waals surface area contributed by atoms with Crippen molar-refractivity contribution in [2.75, 3.05) is 19.6 Å². The Morgan fingerprint density at radius 3 is 2.44 bits per heavy atom. The molecule has 2 amide bonds. The Bertz CT molecular complexity index is 974. The highest BCUT2D eigenvalue weighted by Gasteiger charge is 2.36. The molecule has 32 heavy (non-hydrogen) atoms. The van der Waals surface area contributed by atoms with E-state index < -0.39 is 0 Å². The summed E-state index contributed by atoms with van der Waals surface area (Å²) >= 11 is 0. The predicted molar refractivity (Wildman–Crippen MR) is 117 cm³/mol. The Labute approximate surface area is 188 Å². The number of aryl methyl sites for hydroxylation is 1. The summed E-state index contributed by atoms with van der Waals surface area (Å²) in [4.78, 5) is 37.7. The van der Waals surface area contributed by atoms with Crippen LogP contribution >= 0.6 is 0 Å². The quantitative estimate of drug-likeness (QED) is 0.721. The molecule has 2 fully saturated rings. The SMILES string of the molecule is Cc1ncncc1C(=O)N1CCCCC1c1nnc(C2CCN(C(=O)C(C)(C)C)CC2)o1. The third-order valence-corrected chi connectivity index (χ3v) is 6.42. The normalized spacial score (nSPS) is 20.4. The van der Waals surface area contributed by atoms with Crippen molar-refractivity contribution in [1.29, 1.82) is 0 Å². The monoisotopic (exact) mass is 440 g/mol. The van der Waals surface area contributed by atoms with Gasteiger partial charge in [-0.05, 0) is 39.0 Å². The summed E-state index contributed by atoms with van der Waals surface area (Å²) in [6, 6.07) is -0.236. The van der Waals surface area contributed by atoms with E-state index >= 15 is 0 Å². The first kappa shape index (κ1) is 22.4. The molecular formula is C23H32N6O3. The summed E-state index contributed by atoms with van der Waals surface area (Å²) in [6.07, 6.45) is 7.36. The van der Waals surface area contributed by atoms with E-state index in [1.54, 1.807) is 6.20 Å². The first-order chi connectivity index (χ1) is 15.3. The molecule has 0 bridgehead atoms. The molecule has 1 atom stereocenters. The van der Waals surface area contributed by atoms with Gasteiger partial charge < -0.3 is 14.2 Å². The zero-order valence-electron chi connectivity index (χ0n) is 19.4. The maximum absolute atomic E-state index is 13.2. The van der Waals surface area contributed by atoms with Crippen LogP contribution in [0.5, 0.6) is 0 Å². The van der Waals surface area contributed by atoms with Gasteiger partial charge in [-0.2, -0.15) is 0 Å². The molecule has 2 aliphatic rings. The standard InChI is InChI=1S/C23H32N6O3/c1-15-17(13-24-14-25-15)21(30)29-10-6-5-7-18(29)20-27-26-19(32-20)16-8-11-28(12-9-16)22(31)23(2,3)4/h13-14,16,18H,5-12H2,1-4H3. The summed E-state index contributed by atoms with van der Waals surface area (Å²) in [5.74, 6) is 1.33. The molecule has 2 aromatic rings. The smallest absolute Gasteiger partial charge is 0.257 e. The molecule has 9 nitrogen and oxygen atoms in total. The highest BCUT2D eigenvalue weighted by Crippen LogP contribution is 2.35. The van der Waals surface area contributed by atoms with Crippen molar-refractivity contribution in [3.05, 3.63) is 35.6 Å². The van der Waals surface area contributed by atoms with E-state index in [4.69, 9.17) is 4.42 Å². The Kier molecular flexibility index (Phi) is 6.26. The average Bonchev–Trinajstić information content (AvgIpc) is 3.28. The van der Waals surface area contributed by atoms with Crippen LogP contribution in [0, 0.1) is 12.3 Å². The van der Waals surface area contributed by atoms with Crippen molar-refractivity contribution in [3.8, 4) is 0 Å². The number of carbonyl (C=O) groups is 2. The molecule has 0 N–H and O–H groups in total. The number of piperidine rings is 2. The first-order valence-corrected chi connectivity index (χ1v) is 11.5. The molecule has 0 radical (unpaired) electrons. The second-order valence-corrected chi connectivity index (χ2v) is 9.83. The van der Waals surface area contributed by atoms with Crippen LogP contribution in [0.2, 0.25) is 0 Å². The third-order valence-electron chi connectivity index (χ3n) is 6.42. The van der Waals surface area contributed by atoms with Crippen LogP contribution in [-0.2, 0) is 4.79 Å². The molecule has 2 aliphatic heterocycles. The zero-order chi connectivity index (χ0) is 22.9. The minimum atomic E-state index is -0.371. The van der Waals surface area contributed by atoms with Gasteiger partial charge in [0.05, 0.1) is 11.3 Å². The average molecular weight is 441 g/mol. The summed E-state index contributed by atoms with van der Waals surface area (Å²) in [5, 5.41) is 8.67. The van der Waals surface area contributed by atoms with Crippen LogP contribution in [0.3, 0.4) is 0 Å². The third kappa shape index (κ3) is 4.52. The van der Waals surface area contributed by atoms with Gasteiger partial charge in [0.15, 0.2) is 0 Å². The zero-order valence-corrected chi connectivity index (χ0v) is 19.4. The van der Waals surface area contributed by atoms with Crippen LogP contribution in [0.4, 0.5) is 0 Å². The summed E-state index contributed by atoms with van der Waals surface area (Å²) in [5.41, 5.74) is 0.802. The summed E-state index contributed by atoms with van der Waals surface area (Å²) in [7, 11) is 0. The van der Waals surface area contributed by atoms with E-state index in [0.717, 1.165) is 32.1 Å². The van der Waals surface area contributed by atoms with Gasteiger partial charge in [-0.3, -0.25) is 9.59 Å². The summed E-state index contributed by atoms with van der Waals surface area (Å²) < 4.78 is 6.12. The molecule has 4 rings (SSSR count). The lowest BCUT2D eigenvalue weighted by atomic mass is 9.91. The number of hydrogen-bond donors (Lipinski definition) is 0. The molecule has 2 saturated heterocycles. The number of hydrogen-bond acceptors (Lipinski definition) is 7. The van der Waals surface area contributed by atoms with E-state index in [2.05, 4.69) is 20.2 Å². The lowest BCUT2D eigenvalue weighted by Gasteiger charge is -2.35. The largest absolute Gasteiger partial charge is 0.423 e.